The van der Waals surface area contributed by atoms with E-state index in [1.54, 1.807) is 0 Å². The quantitative estimate of drug-likeness (QED) is 0.640. The molecule has 1 aromatic heterocycles. The summed E-state index contributed by atoms with van der Waals surface area (Å²) in [5.74, 6) is 1.37. The highest BCUT2D eigenvalue weighted by atomic mass is 32.1. The summed E-state index contributed by atoms with van der Waals surface area (Å²) in [6, 6.07) is 0. The van der Waals surface area contributed by atoms with E-state index in [1.807, 2.05) is 6.20 Å². The molecule has 10 heavy (non-hydrogen) atoms. The molecule has 2 heteroatoms. The first kappa shape index (κ1) is 7.73. The minimum absolute atomic E-state index is 0.652. The molecule has 0 fully saturated rings. The lowest BCUT2D eigenvalue weighted by molar-refractivity contribution is 0.536. The van der Waals surface area contributed by atoms with Crippen LogP contribution in [0.25, 0.3) is 0 Å². The molecule has 1 rings (SSSR count). The largest absolute Gasteiger partial charge is 0.201 e. The zero-order valence-electron chi connectivity index (χ0n) is 6.66. The van der Waals surface area contributed by atoms with Gasteiger partial charge < -0.3 is 0 Å². The fourth-order valence-electron chi connectivity index (χ4n) is 0.823. The lowest BCUT2D eigenvalue weighted by Crippen LogP contribution is -1.99. The summed E-state index contributed by atoms with van der Waals surface area (Å²) in [5.41, 5.74) is 1.38. The van der Waals surface area contributed by atoms with E-state index in [9.17, 15) is 0 Å². The third kappa shape index (κ3) is 1.57. The summed E-state index contributed by atoms with van der Waals surface area (Å²) in [5, 5.41) is 2.13. The third-order valence-corrected chi connectivity index (χ3v) is 2.58. The maximum absolute atomic E-state index is 4.07. The highest BCUT2D eigenvalue weighted by Crippen LogP contribution is 2.23. The van der Waals surface area contributed by atoms with Crippen LogP contribution in [0.1, 0.15) is 32.3 Å². The van der Waals surface area contributed by atoms with Crippen molar-refractivity contribution in [1.82, 2.24) is 4.37 Å². The molecular weight excluding hydrogens is 142 g/mol. The first-order chi connectivity index (χ1) is 4.72. The number of hydrogen-bond donors (Lipinski definition) is 0. The van der Waals surface area contributed by atoms with Crippen molar-refractivity contribution < 1.29 is 0 Å². The third-order valence-electron chi connectivity index (χ3n) is 1.98. The monoisotopic (exact) mass is 155 g/mol. The molecule has 1 aromatic rings. The van der Waals surface area contributed by atoms with Crippen molar-refractivity contribution in [2.75, 3.05) is 0 Å². The Morgan fingerprint density at radius 1 is 1.40 bits per heavy atom. The molecule has 1 nitrogen and oxygen atoms in total. The van der Waals surface area contributed by atoms with Gasteiger partial charge in [0.15, 0.2) is 0 Å². The minimum Gasteiger partial charge on any atom is -0.201 e. The van der Waals surface area contributed by atoms with Crippen molar-refractivity contribution in [2.45, 2.75) is 26.7 Å². The molecule has 56 valence electrons. The van der Waals surface area contributed by atoms with Crippen LogP contribution in [0.5, 0.6) is 0 Å². The van der Waals surface area contributed by atoms with Gasteiger partial charge in [-0.2, -0.15) is 0 Å². The Labute approximate surface area is 66.3 Å². The zero-order chi connectivity index (χ0) is 7.56. The lowest BCUT2D eigenvalue weighted by atomic mass is 9.93. The molecule has 0 N–H and O–H groups in total. The number of rotatable bonds is 2. The maximum Gasteiger partial charge on any atom is 0.0441 e. The van der Waals surface area contributed by atoms with Gasteiger partial charge in [0.25, 0.3) is 0 Å². The molecule has 1 unspecified atom stereocenters. The Bertz CT molecular complexity index is 179. The van der Waals surface area contributed by atoms with Crippen molar-refractivity contribution in [1.29, 1.82) is 0 Å². The molecule has 0 saturated carbocycles. The van der Waals surface area contributed by atoms with Crippen LogP contribution in [0.3, 0.4) is 0 Å². The Morgan fingerprint density at radius 3 is 2.50 bits per heavy atom. The van der Waals surface area contributed by atoms with Crippen LogP contribution in [0.15, 0.2) is 11.6 Å². The Morgan fingerprint density at radius 2 is 2.10 bits per heavy atom. The van der Waals surface area contributed by atoms with Gasteiger partial charge in [0.1, 0.15) is 0 Å². The van der Waals surface area contributed by atoms with E-state index in [2.05, 4.69) is 30.5 Å². The molecule has 1 heterocycles. The first-order valence-corrected chi connectivity index (χ1v) is 4.44. The van der Waals surface area contributed by atoms with Gasteiger partial charge >= 0.3 is 0 Å². The average molecular weight is 155 g/mol. The molecule has 0 spiro atoms. The van der Waals surface area contributed by atoms with Gasteiger partial charge in [0.05, 0.1) is 0 Å². The zero-order valence-corrected chi connectivity index (χ0v) is 7.48. The van der Waals surface area contributed by atoms with Gasteiger partial charge in [-0.05, 0) is 28.9 Å². The molecule has 0 aliphatic carbocycles. The van der Waals surface area contributed by atoms with Crippen LogP contribution in [-0.2, 0) is 0 Å². The van der Waals surface area contributed by atoms with Crippen LogP contribution in [0.2, 0.25) is 0 Å². The normalized spacial score (nSPS) is 14.0. The highest BCUT2D eigenvalue weighted by Gasteiger charge is 2.09. The second-order valence-corrected chi connectivity index (χ2v) is 3.65. The standard InChI is InChI=1S/C8H13NS/c1-6(2)7(3)8-4-9-10-5-8/h4-7H,1-3H3. The number of hydrogen-bond acceptors (Lipinski definition) is 2. The summed E-state index contributed by atoms with van der Waals surface area (Å²) < 4.78 is 4.07. The van der Waals surface area contributed by atoms with E-state index in [1.165, 1.54) is 17.1 Å². The van der Waals surface area contributed by atoms with Crippen molar-refractivity contribution >= 4 is 11.5 Å². The summed E-state index contributed by atoms with van der Waals surface area (Å²) in [6.07, 6.45) is 1.97. The van der Waals surface area contributed by atoms with Crippen molar-refractivity contribution in [2.24, 2.45) is 5.92 Å². The topological polar surface area (TPSA) is 12.9 Å². The van der Waals surface area contributed by atoms with E-state index in [0.29, 0.717) is 5.92 Å². The number of aromatic nitrogens is 1. The van der Waals surface area contributed by atoms with Crippen LogP contribution in [0, 0.1) is 5.92 Å². The van der Waals surface area contributed by atoms with Crippen LogP contribution < -0.4 is 0 Å². The summed E-state index contributed by atoms with van der Waals surface area (Å²) in [7, 11) is 0. The van der Waals surface area contributed by atoms with Gasteiger partial charge in [0.2, 0.25) is 0 Å². The average Bonchev–Trinajstić information content (AvgIpc) is 2.36. The predicted octanol–water partition coefficient (Wildman–Crippen LogP) is 2.90. The van der Waals surface area contributed by atoms with Crippen molar-refractivity contribution in [3.05, 3.63) is 17.1 Å². The van der Waals surface area contributed by atoms with E-state index in [4.69, 9.17) is 0 Å². The van der Waals surface area contributed by atoms with Crippen LogP contribution >= 0.6 is 11.5 Å². The molecule has 0 saturated heterocycles. The smallest absolute Gasteiger partial charge is 0.0441 e. The summed E-state index contributed by atoms with van der Waals surface area (Å²) in [4.78, 5) is 0. The van der Waals surface area contributed by atoms with E-state index >= 15 is 0 Å². The molecule has 0 radical (unpaired) electrons. The molecule has 0 aliphatic heterocycles. The molecule has 0 bridgehead atoms. The van der Waals surface area contributed by atoms with E-state index in [0.717, 1.165) is 5.92 Å². The molecule has 1 atom stereocenters. The Kier molecular flexibility index (Phi) is 2.44. The number of nitrogens with zero attached hydrogens (tertiary/aromatic N) is 1. The SMILES string of the molecule is CC(C)C(C)c1cnsc1. The highest BCUT2D eigenvalue weighted by molar-refractivity contribution is 7.03. The van der Waals surface area contributed by atoms with Gasteiger partial charge in [0, 0.05) is 11.6 Å². The van der Waals surface area contributed by atoms with Crippen molar-refractivity contribution in [3.8, 4) is 0 Å². The van der Waals surface area contributed by atoms with E-state index in [-0.39, 0.29) is 0 Å². The predicted molar refractivity (Wildman–Crippen MR) is 45.4 cm³/mol. The molecular formula is C8H13NS. The van der Waals surface area contributed by atoms with E-state index < -0.39 is 0 Å². The molecule has 0 aliphatic rings. The second kappa shape index (κ2) is 3.15. The first-order valence-electron chi connectivity index (χ1n) is 3.61. The summed E-state index contributed by atoms with van der Waals surface area (Å²) >= 11 is 1.54. The van der Waals surface area contributed by atoms with Crippen LogP contribution in [0.4, 0.5) is 0 Å². The van der Waals surface area contributed by atoms with Gasteiger partial charge in [-0.1, -0.05) is 20.8 Å². The van der Waals surface area contributed by atoms with Gasteiger partial charge in [-0.15, -0.1) is 0 Å². The van der Waals surface area contributed by atoms with Gasteiger partial charge in [-0.25, -0.2) is 4.37 Å². The Balaban J connectivity index is 2.68. The summed E-state index contributed by atoms with van der Waals surface area (Å²) in [6.45, 7) is 6.72. The minimum atomic E-state index is 0.652. The molecule has 0 aromatic carbocycles. The fraction of sp³-hybridized carbons (Fsp3) is 0.625. The Hall–Kier alpha value is -0.370. The fourth-order valence-corrected chi connectivity index (χ4v) is 1.46. The van der Waals surface area contributed by atoms with Crippen LogP contribution in [-0.4, -0.2) is 4.37 Å². The van der Waals surface area contributed by atoms with Gasteiger partial charge in [-0.3, -0.25) is 0 Å². The lowest BCUT2D eigenvalue weighted by Gasteiger charge is -2.12. The maximum atomic E-state index is 4.07. The second-order valence-electron chi connectivity index (χ2n) is 2.99. The molecule has 0 amide bonds. The van der Waals surface area contributed by atoms with Crippen molar-refractivity contribution in [3.63, 3.8) is 0 Å².